The molecule has 2 heterocycles. The number of fused-ring (bicyclic) bond motifs is 2. The van der Waals surface area contributed by atoms with E-state index in [1.54, 1.807) is 6.33 Å². The van der Waals surface area contributed by atoms with Gasteiger partial charge in [-0.15, -0.1) is 0 Å². The van der Waals surface area contributed by atoms with E-state index in [1.807, 2.05) is 24.4 Å². The van der Waals surface area contributed by atoms with E-state index in [-0.39, 0.29) is 0 Å². The molecule has 4 aromatic carbocycles. The highest BCUT2D eigenvalue weighted by molar-refractivity contribution is 5.99. The molecule has 2 aromatic heterocycles. The molecule has 0 fully saturated rings. The summed E-state index contributed by atoms with van der Waals surface area (Å²) in [7, 11) is 0. The molecular weight excluding hydrogens is 368 g/mol. The van der Waals surface area contributed by atoms with Crippen molar-refractivity contribution < 1.29 is 0 Å². The highest BCUT2D eigenvalue weighted by Gasteiger charge is 2.12. The molecule has 4 nitrogen and oxygen atoms in total. The molecule has 0 saturated carbocycles. The monoisotopic (exact) mass is 386 g/mol. The Kier molecular flexibility index (Phi) is 3.74. The van der Waals surface area contributed by atoms with Gasteiger partial charge in [-0.1, -0.05) is 66.7 Å². The Hall–Kier alpha value is -4.18. The molecule has 0 aliphatic carbocycles. The average Bonchev–Trinajstić information content (AvgIpc) is 3.48. The van der Waals surface area contributed by atoms with Crippen LogP contribution in [0.1, 0.15) is 0 Å². The summed E-state index contributed by atoms with van der Waals surface area (Å²) in [6, 6.07) is 29.5. The minimum atomic E-state index is 0.896. The highest BCUT2D eigenvalue weighted by atomic mass is 14.9. The zero-order valence-electron chi connectivity index (χ0n) is 16.1. The predicted octanol–water partition coefficient (Wildman–Crippen LogP) is 6.44. The van der Waals surface area contributed by atoms with Crippen molar-refractivity contribution in [1.29, 1.82) is 0 Å². The van der Waals surface area contributed by atoms with Gasteiger partial charge < -0.3 is 9.97 Å². The number of H-pyrrole nitrogens is 2. The summed E-state index contributed by atoms with van der Waals surface area (Å²) in [5.41, 5.74) is 7.65. The van der Waals surface area contributed by atoms with Crippen LogP contribution in [0.5, 0.6) is 0 Å². The maximum absolute atomic E-state index is 4.79. The SMILES string of the molecule is c1ccc(-c2cnc[nH]2)c(-c2ccc3c(-c4nc5ccccc5[nH]4)cccc3c2)c1. The molecule has 0 aliphatic rings. The third-order valence-corrected chi connectivity index (χ3v) is 5.55. The van der Waals surface area contributed by atoms with Gasteiger partial charge in [0, 0.05) is 11.1 Å². The van der Waals surface area contributed by atoms with Gasteiger partial charge >= 0.3 is 0 Å². The Morgan fingerprint density at radius 1 is 0.700 bits per heavy atom. The molecule has 6 rings (SSSR count). The van der Waals surface area contributed by atoms with E-state index in [0.29, 0.717) is 0 Å². The van der Waals surface area contributed by atoms with Crippen LogP contribution in [0.25, 0.3) is 55.6 Å². The number of para-hydroxylation sites is 2. The standard InChI is InChI=1S/C26H18N4/c1-2-8-21(25-15-27-16-28-25)19(7-1)18-12-13-20-17(14-18)6-5-9-22(20)26-29-23-10-3-4-11-24(23)30-26/h1-16H,(H,27,28)(H,29,30). The van der Waals surface area contributed by atoms with Crippen LogP contribution < -0.4 is 0 Å². The van der Waals surface area contributed by atoms with E-state index in [0.717, 1.165) is 33.7 Å². The summed E-state index contributed by atoms with van der Waals surface area (Å²) in [5.74, 6) is 0.896. The second-order valence-corrected chi connectivity index (χ2v) is 7.35. The fraction of sp³-hybridized carbons (Fsp3) is 0. The van der Waals surface area contributed by atoms with Crippen LogP contribution in [0.3, 0.4) is 0 Å². The van der Waals surface area contributed by atoms with Crippen molar-refractivity contribution in [1.82, 2.24) is 19.9 Å². The topological polar surface area (TPSA) is 57.4 Å². The molecule has 4 heteroatoms. The minimum absolute atomic E-state index is 0.896. The predicted molar refractivity (Wildman–Crippen MR) is 122 cm³/mol. The minimum Gasteiger partial charge on any atom is -0.345 e. The summed E-state index contributed by atoms with van der Waals surface area (Å²) < 4.78 is 0. The van der Waals surface area contributed by atoms with Crippen molar-refractivity contribution >= 4 is 21.8 Å². The highest BCUT2D eigenvalue weighted by Crippen LogP contribution is 2.35. The van der Waals surface area contributed by atoms with Gasteiger partial charge in [-0.2, -0.15) is 0 Å². The van der Waals surface area contributed by atoms with Crippen molar-refractivity contribution in [2.45, 2.75) is 0 Å². The normalized spacial score (nSPS) is 11.3. The Bertz CT molecular complexity index is 1460. The number of aromatic amines is 2. The number of aromatic nitrogens is 4. The lowest BCUT2D eigenvalue weighted by Gasteiger charge is -2.11. The van der Waals surface area contributed by atoms with Crippen LogP contribution in [-0.2, 0) is 0 Å². The number of nitrogens with zero attached hydrogens (tertiary/aromatic N) is 2. The third kappa shape index (κ3) is 2.70. The van der Waals surface area contributed by atoms with Gasteiger partial charge in [0.2, 0.25) is 0 Å². The average molecular weight is 386 g/mol. The molecule has 0 spiro atoms. The molecule has 0 amide bonds. The zero-order valence-corrected chi connectivity index (χ0v) is 16.1. The van der Waals surface area contributed by atoms with Gasteiger partial charge in [-0.3, -0.25) is 0 Å². The Labute approximate surface area is 173 Å². The second kappa shape index (κ2) is 6.71. The van der Waals surface area contributed by atoms with Crippen LogP contribution in [0, 0.1) is 0 Å². The summed E-state index contributed by atoms with van der Waals surface area (Å²) in [6.07, 6.45) is 3.58. The van der Waals surface area contributed by atoms with E-state index in [4.69, 9.17) is 4.98 Å². The number of benzene rings is 4. The van der Waals surface area contributed by atoms with Crippen molar-refractivity contribution in [3.8, 4) is 33.8 Å². The van der Waals surface area contributed by atoms with Crippen molar-refractivity contribution in [2.24, 2.45) is 0 Å². The first-order chi connectivity index (χ1) is 14.9. The van der Waals surface area contributed by atoms with Gasteiger partial charge in [-0.25, -0.2) is 9.97 Å². The lowest BCUT2D eigenvalue weighted by molar-refractivity contribution is 1.31. The van der Waals surface area contributed by atoms with E-state index in [1.165, 1.54) is 21.9 Å². The second-order valence-electron chi connectivity index (χ2n) is 7.35. The van der Waals surface area contributed by atoms with Crippen LogP contribution in [0.4, 0.5) is 0 Å². The quantitative estimate of drug-likeness (QED) is 0.368. The molecule has 0 saturated heterocycles. The molecule has 0 unspecified atom stereocenters. The molecule has 142 valence electrons. The van der Waals surface area contributed by atoms with E-state index in [2.05, 4.69) is 81.7 Å². The molecule has 0 aliphatic heterocycles. The first-order valence-electron chi connectivity index (χ1n) is 9.93. The molecule has 2 N–H and O–H groups in total. The summed E-state index contributed by atoms with van der Waals surface area (Å²) in [6.45, 7) is 0. The summed E-state index contributed by atoms with van der Waals surface area (Å²) in [4.78, 5) is 15.7. The van der Waals surface area contributed by atoms with Gasteiger partial charge in [0.15, 0.2) is 0 Å². The lowest BCUT2D eigenvalue weighted by atomic mass is 9.94. The van der Waals surface area contributed by atoms with Crippen LogP contribution >= 0.6 is 0 Å². The zero-order chi connectivity index (χ0) is 19.9. The molecule has 0 bridgehead atoms. The van der Waals surface area contributed by atoms with Gasteiger partial charge in [0.05, 0.1) is 29.3 Å². The molecule has 0 radical (unpaired) electrons. The number of rotatable bonds is 3. The molecule has 0 atom stereocenters. The smallest absolute Gasteiger partial charge is 0.139 e. The van der Waals surface area contributed by atoms with E-state index < -0.39 is 0 Å². The Morgan fingerprint density at radius 3 is 2.40 bits per heavy atom. The fourth-order valence-corrected chi connectivity index (χ4v) is 4.11. The van der Waals surface area contributed by atoms with Crippen molar-refractivity contribution in [2.75, 3.05) is 0 Å². The van der Waals surface area contributed by atoms with Gasteiger partial charge in [0.25, 0.3) is 0 Å². The Morgan fingerprint density at radius 2 is 1.53 bits per heavy atom. The molecule has 6 aromatic rings. The molecule has 30 heavy (non-hydrogen) atoms. The van der Waals surface area contributed by atoms with Crippen LogP contribution in [-0.4, -0.2) is 19.9 Å². The van der Waals surface area contributed by atoms with Crippen molar-refractivity contribution in [3.05, 3.63) is 97.5 Å². The summed E-state index contributed by atoms with van der Waals surface area (Å²) >= 11 is 0. The maximum atomic E-state index is 4.79. The van der Waals surface area contributed by atoms with Gasteiger partial charge in [0.1, 0.15) is 5.82 Å². The van der Waals surface area contributed by atoms with Gasteiger partial charge in [-0.05, 0) is 40.1 Å². The summed E-state index contributed by atoms with van der Waals surface area (Å²) in [5, 5.41) is 2.36. The first-order valence-corrected chi connectivity index (χ1v) is 9.93. The van der Waals surface area contributed by atoms with Crippen LogP contribution in [0.15, 0.2) is 97.5 Å². The van der Waals surface area contributed by atoms with Crippen LogP contribution in [0.2, 0.25) is 0 Å². The maximum Gasteiger partial charge on any atom is 0.139 e. The Balaban J connectivity index is 1.51. The van der Waals surface area contributed by atoms with E-state index in [9.17, 15) is 0 Å². The van der Waals surface area contributed by atoms with E-state index >= 15 is 0 Å². The number of nitrogens with one attached hydrogen (secondary N) is 2. The fourth-order valence-electron chi connectivity index (χ4n) is 4.11. The lowest BCUT2D eigenvalue weighted by Crippen LogP contribution is -1.87. The largest absolute Gasteiger partial charge is 0.345 e. The first kappa shape index (κ1) is 16.7. The van der Waals surface area contributed by atoms with Crippen molar-refractivity contribution in [3.63, 3.8) is 0 Å². The number of hydrogen-bond donors (Lipinski definition) is 2. The third-order valence-electron chi connectivity index (χ3n) is 5.55. The number of imidazole rings is 2. The molecular formula is C26H18N4. The number of hydrogen-bond acceptors (Lipinski definition) is 2.